The van der Waals surface area contributed by atoms with Gasteiger partial charge in [0.1, 0.15) is 11.0 Å². The molecular weight excluding hydrogens is 194 g/mol. The van der Waals surface area contributed by atoms with Crippen LogP contribution in [0.25, 0.3) is 6.08 Å². The molecular formula is C7H6NO2S2-. The van der Waals surface area contributed by atoms with Gasteiger partial charge in [-0.2, -0.15) is 12.6 Å². The number of rotatable bonds is 3. The highest BCUT2D eigenvalue weighted by molar-refractivity contribution is 7.80. The van der Waals surface area contributed by atoms with Gasteiger partial charge in [0.05, 0.1) is 5.69 Å². The summed E-state index contributed by atoms with van der Waals surface area (Å²) in [5, 5.41) is 12.0. The number of aromatic nitrogens is 1. The Kier molecular flexibility index (Phi) is 3.31. The van der Waals surface area contributed by atoms with Gasteiger partial charge in [-0.25, -0.2) is 4.98 Å². The van der Waals surface area contributed by atoms with Gasteiger partial charge in [-0.3, -0.25) is 0 Å². The number of nitrogens with zero attached hydrogens (tertiary/aromatic N) is 1. The smallest absolute Gasteiger partial charge is 0.139 e. The van der Waals surface area contributed by atoms with E-state index in [1.165, 1.54) is 0 Å². The van der Waals surface area contributed by atoms with Crippen LogP contribution in [0.15, 0.2) is 11.5 Å². The van der Waals surface area contributed by atoms with Gasteiger partial charge in [-0.15, -0.1) is 11.3 Å². The SMILES string of the molecule is O=C([O-])c1nc(C=CCS)cs1. The molecule has 0 aromatic carbocycles. The number of thiazole rings is 1. The summed E-state index contributed by atoms with van der Waals surface area (Å²) >= 11 is 5.02. The number of hydrogen-bond acceptors (Lipinski definition) is 5. The number of carboxylic acids is 1. The monoisotopic (exact) mass is 200 g/mol. The number of carbonyl (C=O) groups is 1. The highest BCUT2D eigenvalue weighted by atomic mass is 32.1. The number of carboxylic acid groups (broad SMARTS) is 1. The van der Waals surface area contributed by atoms with E-state index in [0.717, 1.165) is 11.3 Å². The molecule has 0 saturated carbocycles. The molecule has 1 aromatic heterocycles. The fraction of sp³-hybridized carbons (Fsp3) is 0.143. The van der Waals surface area contributed by atoms with Gasteiger partial charge in [0.2, 0.25) is 0 Å². The molecule has 0 atom stereocenters. The Bertz CT molecular complexity index is 306. The predicted molar refractivity (Wildman–Crippen MR) is 49.3 cm³/mol. The third-order valence-electron chi connectivity index (χ3n) is 1.09. The summed E-state index contributed by atoms with van der Waals surface area (Å²) in [4.78, 5) is 14.1. The van der Waals surface area contributed by atoms with Crippen LogP contribution in [0, 0.1) is 0 Å². The second kappa shape index (κ2) is 4.27. The average Bonchev–Trinajstić information content (AvgIpc) is 2.48. The first-order valence-electron chi connectivity index (χ1n) is 3.18. The molecule has 0 aliphatic carbocycles. The van der Waals surface area contributed by atoms with Gasteiger partial charge in [-0.05, 0) is 6.08 Å². The van der Waals surface area contributed by atoms with E-state index < -0.39 is 5.97 Å². The Morgan fingerprint density at radius 3 is 3.08 bits per heavy atom. The molecule has 0 bridgehead atoms. The predicted octanol–water partition coefficient (Wildman–Crippen LogP) is 0.450. The molecule has 0 radical (unpaired) electrons. The molecule has 0 aliphatic rings. The van der Waals surface area contributed by atoms with Crippen LogP contribution < -0.4 is 5.11 Å². The van der Waals surface area contributed by atoms with Gasteiger partial charge >= 0.3 is 0 Å². The Hall–Kier alpha value is -0.810. The fourth-order valence-electron chi connectivity index (χ4n) is 0.630. The second-order valence-electron chi connectivity index (χ2n) is 1.95. The summed E-state index contributed by atoms with van der Waals surface area (Å²) in [5.41, 5.74) is 0.633. The molecule has 0 spiro atoms. The summed E-state index contributed by atoms with van der Waals surface area (Å²) in [6.07, 6.45) is 3.51. The zero-order valence-electron chi connectivity index (χ0n) is 6.06. The maximum Gasteiger partial charge on any atom is 0.139 e. The average molecular weight is 200 g/mol. The lowest BCUT2D eigenvalue weighted by atomic mass is 10.4. The normalized spacial score (nSPS) is 10.8. The molecule has 64 valence electrons. The van der Waals surface area contributed by atoms with E-state index in [4.69, 9.17) is 0 Å². The van der Waals surface area contributed by atoms with Crippen LogP contribution in [0.4, 0.5) is 0 Å². The van der Waals surface area contributed by atoms with Crippen molar-refractivity contribution >= 4 is 36.0 Å². The molecule has 0 amide bonds. The van der Waals surface area contributed by atoms with Crippen molar-refractivity contribution in [2.75, 3.05) is 5.75 Å². The van der Waals surface area contributed by atoms with Crippen LogP contribution in [-0.4, -0.2) is 16.7 Å². The summed E-state index contributed by atoms with van der Waals surface area (Å²) in [7, 11) is 0. The van der Waals surface area contributed by atoms with Crippen LogP contribution in [0.2, 0.25) is 0 Å². The van der Waals surface area contributed by atoms with E-state index in [2.05, 4.69) is 17.6 Å². The van der Waals surface area contributed by atoms with E-state index in [0.29, 0.717) is 11.4 Å². The summed E-state index contributed by atoms with van der Waals surface area (Å²) in [5.74, 6) is -0.622. The highest BCUT2D eigenvalue weighted by Crippen LogP contribution is 2.09. The van der Waals surface area contributed by atoms with Gasteiger partial charge in [0, 0.05) is 11.1 Å². The highest BCUT2D eigenvalue weighted by Gasteiger charge is 1.98. The fourth-order valence-corrected chi connectivity index (χ4v) is 1.35. The minimum absolute atomic E-state index is 0.00816. The van der Waals surface area contributed by atoms with Crippen molar-refractivity contribution in [3.63, 3.8) is 0 Å². The van der Waals surface area contributed by atoms with Crippen LogP contribution in [-0.2, 0) is 0 Å². The maximum absolute atomic E-state index is 10.3. The van der Waals surface area contributed by atoms with E-state index in [-0.39, 0.29) is 5.01 Å². The van der Waals surface area contributed by atoms with Crippen molar-refractivity contribution in [1.29, 1.82) is 0 Å². The summed E-state index contributed by atoms with van der Waals surface area (Å²) < 4.78 is 0. The molecule has 1 rings (SSSR count). The minimum atomic E-state index is -1.23. The van der Waals surface area contributed by atoms with Crippen molar-refractivity contribution in [3.05, 3.63) is 22.2 Å². The topological polar surface area (TPSA) is 53.0 Å². The molecule has 12 heavy (non-hydrogen) atoms. The molecule has 1 heterocycles. The molecule has 0 fully saturated rings. The van der Waals surface area contributed by atoms with Crippen LogP contribution >= 0.6 is 24.0 Å². The first kappa shape index (κ1) is 9.28. The third-order valence-corrected chi connectivity index (χ3v) is 2.14. The van der Waals surface area contributed by atoms with E-state index in [1.807, 2.05) is 0 Å². The minimum Gasteiger partial charge on any atom is -0.542 e. The zero-order chi connectivity index (χ0) is 8.97. The lowest BCUT2D eigenvalue weighted by Gasteiger charge is -1.91. The lowest BCUT2D eigenvalue weighted by Crippen LogP contribution is -2.21. The molecule has 0 aliphatic heterocycles. The quantitative estimate of drug-likeness (QED) is 0.721. The van der Waals surface area contributed by atoms with Crippen molar-refractivity contribution in [2.45, 2.75) is 0 Å². The first-order valence-corrected chi connectivity index (χ1v) is 4.69. The largest absolute Gasteiger partial charge is 0.542 e. The standard InChI is InChI=1S/C7H7NO2S2/c9-7(10)6-8-5(4-12-6)2-1-3-11/h1-2,4,11H,3H2,(H,9,10)/p-1. The van der Waals surface area contributed by atoms with Crippen molar-refractivity contribution in [3.8, 4) is 0 Å². The number of thiol groups is 1. The van der Waals surface area contributed by atoms with Crippen molar-refractivity contribution in [2.24, 2.45) is 0 Å². The third kappa shape index (κ3) is 2.35. The molecule has 3 nitrogen and oxygen atoms in total. The summed E-state index contributed by atoms with van der Waals surface area (Å²) in [6.45, 7) is 0. The van der Waals surface area contributed by atoms with Gasteiger partial charge < -0.3 is 9.90 Å². The molecule has 0 saturated heterocycles. The first-order chi connectivity index (χ1) is 5.74. The number of aromatic carboxylic acids is 1. The Balaban J connectivity index is 2.77. The second-order valence-corrected chi connectivity index (χ2v) is 3.17. The van der Waals surface area contributed by atoms with Crippen LogP contribution in [0.1, 0.15) is 15.5 Å². The summed E-state index contributed by atoms with van der Waals surface area (Å²) in [6, 6.07) is 0. The van der Waals surface area contributed by atoms with Gasteiger partial charge in [0.25, 0.3) is 0 Å². The number of hydrogen-bond donors (Lipinski definition) is 1. The molecule has 0 N–H and O–H groups in total. The van der Waals surface area contributed by atoms with Gasteiger partial charge in [-0.1, -0.05) is 6.08 Å². The maximum atomic E-state index is 10.3. The van der Waals surface area contributed by atoms with E-state index in [9.17, 15) is 9.90 Å². The molecule has 0 unspecified atom stereocenters. The zero-order valence-corrected chi connectivity index (χ0v) is 7.77. The Labute approximate surface area is 79.2 Å². The van der Waals surface area contributed by atoms with E-state index in [1.54, 1.807) is 17.5 Å². The van der Waals surface area contributed by atoms with Crippen LogP contribution in [0.3, 0.4) is 0 Å². The Morgan fingerprint density at radius 2 is 2.58 bits per heavy atom. The van der Waals surface area contributed by atoms with Gasteiger partial charge in [0.15, 0.2) is 0 Å². The number of carbonyl (C=O) groups excluding carboxylic acids is 1. The lowest BCUT2D eigenvalue weighted by molar-refractivity contribution is -0.255. The Morgan fingerprint density at radius 1 is 1.83 bits per heavy atom. The molecule has 1 aromatic rings. The van der Waals surface area contributed by atoms with Crippen molar-refractivity contribution < 1.29 is 9.90 Å². The van der Waals surface area contributed by atoms with Crippen LogP contribution in [0.5, 0.6) is 0 Å². The van der Waals surface area contributed by atoms with Crippen molar-refractivity contribution in [1.82, 2.24) is 4.98 Å². The molecule has 5 heteroatoms. The van der Waals surface area contributed by atoms with E-state index >= 15 is 0 Å².